The molecule has 1 aliphatic heterocycles. The van der Waals surface area contributed by atoms with Crippen molar-refractivity contribution < 1.29 is 22.7 Å². The van der Waals surface area contributed by atoms with Crippen LogP contribution in [0.4, 0.5) is 18.3 Å². The molecule has 1 atom stereocenters. The number of nitrogens with zero attached hydrogens (tertiary/aromatic N) is 2. The van der Waals surface area contributed by atoms with Crippen LogP contribution < -0.4 is 20.7 Å². The van der Waals surface area contributed by atoms with E-state index in [9.17, 15) is 18.0 Å². The van der Waals surface area contributed by atoms with Crippen molar-refractivity contribution in [2.45, 2.75) is 31.6 Å². The molecule has 1 fully saturated rings. The number of aromatic nitrogens is 2. The van der Waals surface area contributed by atoms with Gasteiger partial charge in [-0.1, -0.05) is 11.3 Å². The number of piperidine rings is 1. The van der Waals surface area contributed by atoms with E-state index in [2.05, 4.69) is 20.6 Å². The second-order valence-electron chi connectivity index (χ2n) is 7.07. The summed E-state index contributed by atoms with van der Waals surface area (Å²) in [5.74, 6) is -0.111. The van der Waals surface area contributed by atoms with E-state index in [1.165, 1.54) is 42.5 Å². The third-order valence-corrected chi connectivity index (χ3v) is 5.57. The van der Waals surface area contributed by atoms with Gasteiger partial charge >= 0.3 is 6.18 Å². The number of pyridine rings is 1. The number of anilines is 1. The highest BCUT2D eigenvalue weighted by Gasteiger charge is 2.28. The Morgan fingerprint density at radius 2 is 2.06 bits per heavy atom. The average Bonchev–Trinajstić information content (AvgIpc) is 3.14. The highest BCUT2D eigenvalue weighted by molar-refractivity contribution is 7.22. The largest absolute Gasteiger partial charge is 0.457 e. The first-order chi connectivity index (χ1) is 14.9. The van der Waals surface area contributed by atoms with Crippen LogP contribution in [0.25, 0.3) is 10.2 Å². The van der Waals surface area contributed by atoms with Gasteiger partial charge in [-0.2, -0.15) is 13.2 Å². The van der Waals surface area contributed by atoms with Gasteiger partial charge in [-0.15, -0.1) is 0 Å². The molecule has 3 N–H and O–H groups in total. The molecule has 0 spiro atoms. The lowest BCUT2D eigenvalue weighted by atomic mass is 10.1. The molecule has 1 aliphatic rings. The number of thiazole rings is 1. The lowest BCUT2D eigenvalue weighted by Gasteiger charge is -2.23. The van der Waals surface area contributed by atoms with Gasteiger partial charge in [-0.3, -0.25) is 15.1 Å². The topological polar surface area (TPSA) is 88.2 Å². The van der Waals surface area contributed by atoms with E-state index in [0.29, 0.717) is 11.5 Å². The normalized spacial score (nSPS) is 16.8. The monoisotopic (exact) mass is 451 g/mol. The number of carbonyl (C=O) groups excluding carboxylic acids is 1. The van der Waals surface area contributed by atoms with Crippen molar-refractivity contribution in [2.24, 2.45) is 0 Å². The fourth-order valence-corrected chi connectivity index (χ4v) is 4.11. The van der Waals surface area contributed by atoms with Gasteiger partial charge in [-0.05, 0) is 44.0 Å². The first-order valence-corrected chi connectivity index (χ1v) is 10.6. The predicted molar refractivity (Wildman–Crippen MR) is 112 cm³/mol. The molecule has 7 nitrogen and oxygen atoms in total. The molecule has 31 heavy (non-hydrogen) atoms. The average molecular weight is 451 g/mol. The molecule has 1 aromatic carbocycles. The Morgan fingerprint density at radius 3 is 2.84 bits per heavy atom. The maximum absolute atomic E-state index is 12.3. The number of halogens is 3. The first kappa shape index (κ1) is 21.3. The van der Waals surface area contributed by atoms with Crippen LogP contribution in [0.5, 0.6) is 11.5 Å². The summed E-state index contributed by atoms with van der Waals surface area (Å²) in [6.45, 7) is -0.434. The SMILES string of the molecule is O=C(NCC(F)(F)F)c1cc(Oc2ccc3nc(N[C@@H]4CCCCN4)sc3c2)ccn1. The number of ether oxygens (including phenoxy) is 1. The highest BCUT2D eigenvalue weighted by Crippen LogP contribution is 2.32. The Morgan fingerprint density at radius 1 is 1.23 bits per heavy atom. The van der Waals surface area contributed by atoms with Crippen molar-refractivity contribution in [2.75, 3.05) is 18.4 Å². The second kappa shape index (κ2) is 9.06. The van der Waals surface area contributed by atoms with Crippen molar-refractivity contribution in [1.82, 2.24) is 20.6 Å². The number of amides is 1. The number of hydrogen-bond donors (Lipinski definition) is 3. The zero-order valence-electron chi connectivity index (χ0n) is 16.3. The van der Waals surface area contributed by atoms with Gasteiger partial charge in [0.2, 0.25) is 0 Å². The Balaban J connectivity index is 1.44. The van der Waals surface area contributed by atoms with Gasteiger partial charge in [0.25, 0.3) is 5.91 Å². The van der Waals surface area contributed by atoms with Gasteiger partial charge in [0.05, 0.1) is 16.4 Å². The minimum absolute atomic E-state index is 0.160. The van der Waals surface area contributed by atoms with E-state index in [1.54, 1.807) is 11.4 Å². The van der Waals surface area contributed by atoms with Crippen LogP contribution >= 0.6 is 11.3 Å². The number of carbonyl (C=O) groups is 1. The van der Waals surface area contributed by atoms with Crippen molar-refractivity contribution in [1.29, 1.82) is 0 Å². The number of fused-ring (bicyclic) bond motifs is 1. The van der Waals surface area contributed by atoms with Crippen LogP contribution in [-0.4, -0.2) is 41.3 Å². The van der Waals surface area contributed by atoms with Crippen LogP contribution in [-0.2, 0) is 0 Å². The molecule has 1 amide bonds. The van der Waals surface area contributed by atoms with E-state index in [-0.39, 0.29) is 11.9 Å². The molecule has 11 heteroatoms. The second-order valence-corrected chi connectivity index (χ2v) is 8.10. The number of benzene rings is 1. The fraction of sp³-hybridized carbons (Fsp3) is 0.350. The molecule has 0 saturated carbocycles. The van der Waals surface area contributed by atoms with Crippen LogP contribution in [0.2, 0.25) is 0 Å². The molecule has 1 saturated heterocycles. The van der Waals surface area contributed by atoms with Gasteiger partial charge in [0, 0.05) is 18.3 Å². The number of alkyl halides is 3. The zero-order chi connectivity index (χ0) is 21.8. The standard InChI is InChI=1S/C20H20F3N5O2S/c21-20(22,23)11-26-18(29)15-9-13(6-8-24-15)30-12-4-5-14-16(10-12)31-19(27-14)28-17-3-1-2-7-25-17/h4-6,8-10,17,25H,1-3,7,11H2,(H,26,29)(H,27,28)/t17-/m1/s1. The summed E-state index contributed by atoms with van der Waals surface area (Å²) in [5, 5.41) is 9.43. The highest BCUT2D eigenvalue weighted by atomic mass is 32.1. The molecule has 0 bridgehead atoms. The molecule has 3 aromatic rings. The minimum Gasteiger partial charge on any atom is -0.457 e. The summed E-state index contributed by atoms with van der Waals surface area (Å²) in [5.41, 5.74) is 0.671. The molecule has 2 aromatic heterocycles. The maximum Gasteiger partial charge on any atom is 0.405 e. The molecule has 0 aliphatic carbocycles. The molecular weight excluding hydrogens is 431 g/mol. The zero-order valence-corrected chi connectivity index (χ0v) is 17.1. The summed E-state index contributed by atoms with van der Waals surface area (Å²) < 4.78 is 43.6. The van der Waals surface area contributed by atoms with Crippen molar-refractivity contribution in [3.05, 3.63) is 42.2 Å². The van der Waals surface area contributed by atoms with Crippen LogP contribution in [0.1, 0.15) is 29.8 Å². The van der Waals surface area contributed by atoms with E-state index < -0.39 is 18.6 Å². The summed E-state index contributed by atoms with van der Waals surface area (Å²) >= 11 is 1.51. The third kappa shape index (κ3) is 5.82. The Kier molecular flexibility index (Phi) is 6.23. The third-order valence-electron chi connectivity index (χ3n) is 4.62. The van der Waals surface area contributed by atoms with Crippen molar-refractivity contribution in [3.8, 4) is 11.5 Å². The summed E-state index contributed by atoms with van der Waals surface area (Å²) in [6.07, 6.45) is 0.431. The Labute approximate surface area is 180 Å². The fourth-order valence-electron chi connectivity index (χ4n) is 3.16. The van der Waals surface area contributed by atoms with Crippen LogP contribution in [0, 0.1) is 0 Å². The lowest BCUT2D eigenvalue weighted by Crippen LogP contribution is -2.39. The number of rotatable bonds is 6. The number of hydrogen-bond acceptors (Lipinski definition) is 7. The smallest absolute Gasteiger partial charge is 0.405 e. The maximum atomic E-state index is 12.3. The lowest BCUT2D eigenvalue weighted by molar-refractivity contribution is -0.123. The summed E-state index contributed by atoms with van der Waals surface area (Å²) in [6, 6.07) is 8.23. The summed E-state index contributed by atoms with van der Waals surface area (Å²) in [4.78, 5) is 20.3. The molecule has 0 radical (unpaired) electrons. The molecule has 164 valence electrons. The summed E-state index contributed by atoms with van der Waals surface area (Å²) in [7, 11) is 0. The van der Waals surface area contributed by atoms with E-state index >= 15 is 0 Å². The number of nitrogens with one attached hydrogen (secondary N) is 3. The predicted octanol–water partition coefficient (Wildman–Crippen LogP) is 4.29. The van der Waals surface area contributed by atoms with Crippen molar-refractivity contribution in [3.63, 3.8) is 0 Å². The molecular formula is C20H20F3N5O2S. The van der Waals surface area contributed by atoms with Crippen LogP contribution in [0.15, 0.2) is 36.5 Å². The molecule has 3 heterocycles. The Bertz CT molecular complexity index is 1070. The van der Waals surface area contributed by atoms with Gasteiger partial charge in [0.1, 0.15) is 23.7 Å². The molecule has 0 unspecified atom stereocenters. The minimum atomic E-state index is -4.49. The van der Waals surface area contributed by atoms with E-state index in [0.717, 1.165) is 28.3 Å². The van der Waals surface area contributed by atoms with Gasteiger partial charge < -0.3 is 15.4 Å². The first-order valence-electron chi connectivity index (χ1n) is 9.75. The quantitative estimate of drug-likeness (QED) is 0.518. The Hall–Kier alpha value is -2.92. The van der Waals surface area contributed by atoms with Crippen LogP contribution in [0.3, 0.4) is 0 Å². The van der Waals surface area contributed by atoms with Gasteiger partial charge in [-0.25, -0.2) is 4.98 Å². The van der Waals surface area contributed by atoms with E-state index in [4.69, 9.17) is 4.74 Å². The van der Waals surface area contributed by atoms with Crippen molar-refractivity contribution >= 4 is 32.6 Å². The van der Waals surface area contributed by atoms with E-state index in [1.807, 2.05) is 12.1 Å². The molecule has 4 rings (SSSR count). The van der Waals surface area contributed by atoms with Gasteiger partial charge in [0.15, 0.2) is 5.13 Å².